The standard InChI is InChI=1S/C26H28ClF2N3OS/c1-26(2)14-4-3-13(18(26)9-14)12-30-25(33)23-16-6-8-21-17(11-22(27)34-21)24(16)32(31-23)20-7-5-15(28)10-19(20)29/h5,7,10-11,13-14,16,18,24H,3-4,6,8-9,12H2,1-2H3,(H,30,33). The van der Waals surface area contributed by atoms with Crippen molar-refractivity contribution in [1.29, 1.82) is 0 Å². The van der Waals surface area contributed by atoms with Gasteiger partial charge in [0.15, 0.2) is 5.82 Å². The van der Waals surface area contributed by atoms with E-state index < -0.39 is 11.6 Å². The first-order chi connectivity index (χ1) is 16.2. The SMILES string of the molecule is CC1(C)C2CCC(CNC(=O)C3=NN(c4ccc(F)cc4F)C4c5cc(Cl)sc5CCC34)C1C2. The largest absolute Gasteiger partial charge is 0.351 e. The first kappa shape index (κ1) is 22.5. The van der Waals surface area contributed by atoms with Crippen LogP contribution in [0.3, 0.4) is 0 Å². The third-order valence-electron chi connectivity index (χ3n) is 8.94. The zero-order valence-corrected chi connectivity index (χ0v) is 20.9. The molecule has 1 N–H and O–H groups in total. The van der Waals surface area contributed by atoms with Gasteiger partial charge in [-0.15, -0.1) is 11.3 Å². The molecule has 34 heavy (non-hydrogen) atoms. The number of nitrogens with one attached hydrogen (secondary N) is 1. The van der Waals surface area contributed by atoms with E-state index in [0.717, 1.165) is 41.7 Å². The van der Waals surface area contributed by atoms with E-state index in [4.69, 9.17) is 11.6 Å². The number of carbonyl (C=O) groups excluding carboxylic acids is 1. The Labute approximate surface area is 207 Å². The van der Waals surface area contributed by atoms with Crippen LogP contribution < -0.4 is 10.3 Å². The van der Waals surface area contributed by atoms with Crippen molar-refractivity contribution in [3.8, 4) is 0 Å². The summed E-state index contributed by atoms with van der Waals surface area (Å²) in [5.74, 6) is 0.276. The molecule has 1 aliphatic heterocycles. The quantitative estimate of drug-likeness (QED) is 0.528. The summed E-state index contributed by atoms with van der Waals surface area (Å²) in [5, 5.41) is 9.40. The second-order valence-electron chi connectivity index (χ2n) is 10.9. The predicted octanol–water partition coefficient (Wildman–Crippen LogP) is 6.35. The average molecular weight is 504 g/mol. The van der Waals surface area contributed by atoms with E-state index >= 15 is 0 Å². The van der Waals surface area contributed by atoms with E-state index in [1.54, 1.807) is 5.01 Å². The van der Waals surface area contributed by atoms with E-state index in [-0.39, 0.29) is 23.6 Å². The maximum atomic E-state index is 14.8. The van der Waals surface area contributed by atoms with Crippen LogP contribution in [-0.4, -0.2) is 18.2 Å². The highest BCUT2D eigenvalue weighted by molar-refractivity contribution is 7.16. The Balaban J connectivity index is 1.28. The Morgan fingerprint density at radius 3 is 2.82 bits per heavy atom. The lowest BCUT2D eigenvalue weighted by molar-refractivity contribution is -0.119. The van der Waals surface area contributed by atoms with Crippen molar-refractivity contribution in [2.45, 2.75) is 52.0 Å². The third-order valence-corrected chi connectivity index (χ3v) is 10.3. The fourth-order valence-corrected chi connectivity index (χ4v) is 8.30. The number of hydrogen-bond acceptors (Lipinski definition) is 4. The summed E-state index contributed by atoms with van der Waals surface area (Å²) in [6.45, 7) is 5.36. The van der Waals surface area contributed by atoms with Gasteiger partial charge in [0, 0.05) is 23.4 Å². The second-order valence-corrected chi connectivity index (χ2v) is 12.6. The number of rotatable bonds is 4. The number of hydrazone groups is 1. The van der Waals surface area contributed by atoms with Gasteiger partial charge in [-0.05, 0) is 79.0 Å². The molecule has 8 heteroatoms. The second kappa shape index (κ2) is 8.02. The van der Waals surface area contributed by atoms with Gasteiger partial charge in [0.25, 0.3) is 5.91 Å². The van der Waals surface area contributed by atoms with Gasteiger partial charge >= 0.3 is 0 Å². The van der Waals surface area contributed by atoms with Crippen LogP contribution in [0.25, 0.3) is 0 Å². The topological polar surface area (TPSA) is 44.7 Å². The van der Waals surface area contributed by atoms with Crippen molar-refractivity contribution in [3.05, 3.63) is 50.7 Å². The molecule has 0 radical (unpaired) electrons. The fraction of sp³-hybridized carbons (Fsp3) is 0.538. The summed E-state index contributed by atoms with van der Waals surface area (Å²) in [6.07, 6.45) is 5.19. The summed E-state index contributed by atoms with van der Waals surface area (Å²) >= 11 is 7.84. The van der Waals surface area contributed by atoms with Crippen molar-refractivity contribution in [2.75, 3.05) is 11.6 Å². The molecule has 4 aliphatic carbocycles. The Kier molecular flexibility index (Phi) is 5.30. The minimum atomic E-state index is -0.693. The van der Waals surface area contributed by atoms with Crippen LogP contribution in [0.5, 0.6) is 0 Å². The van der Waals surface area contributed by atoms with Crippen molar-refractivity contribution < 1.29 is 13.6 Å². The molecule has 7 rings (SSSR count). The minimum absolute atomic E-state index is 0.168. The lowest BCUT2D eigenvalue weighted by Gasteiger charge is -2.60. The number of aryl methyl sites for hydroxylation is 1. The number of carbonyl (C=O) groups is 1. The van der Waals surface area contributed by atoms with Crippen molar-refractivity contribution in [2.24, 2.45) is 34.2 Å². The van der Waals surface area contributed by atoms with Crippen LogP contribution in [0.1, 0.15) is 56.0 Å². The van der Waals surface area contributed by atoms with E-state index in [1.807, 2.05) is 6.07 Å². The molecule has 2 bridgehead atoms. The predicted molar refractivity (Wildman–Crippen MR) is 131 cm³/mol. The Morgan fingerprint density at radius 2 is 2.09 bits per heavy atom. The summed E-state index contributed by atoms with van der Waals surface area (Å²) in [4.78, 5) is 14.5. The first-order valence-corrected chi connectivity index (χ1v) is 13.3. The number of hydrogen-bond donors (Lipinski definition) is 1. The van der Waals surface area contributed by atoms with Crippen molar-refractivity contribution in [1.82, 2.24) is 5.32 Å². The summed E-state index contributed by atoms with van der Waals surface area (Å²) < 4.78 is 29.1. The van der Waals surface area contributed by atoms with Gasteiger partial charge in [-0.25, -0.2) is 8.78 Å². The molecule has 1 aromatic heterocycles. The molecular formula is C26H28ClF2N3OS. The van der Waals surface area contributed by atoms with Gasteiger partial charge in [0.2, 0.25) is 0 Å². The molecule has 1 aromatic carbocycles. The maximum Gasteiger partial charge on any atom is 0.267 e. The average Bonchev–Trinajstić information content (AvgIpc) is 3.37. The van der Waals surface area contributed by atoms with E-state index in [1.165, 1.54) is 36.3 Å². The number of fused-ring (bicyclic) bond motifs is 5. The zero-order valence-electron chi connectivity index (χ0n) is 19.3. The van der Waals surface area contributed by atoms with Crippen LogP contribution >= 0.6 is 22.9 Å². The molecule has 1 amide bonds. The number of halogens is 3. The van der Waals surface area contributed by atoms with E-state index in [9.17, 15) is 13.6 Å². The maximum absolute atomic E-state index is 14.8. The van der Waals surface area contributed by atoms with Gasteiger partial charge in [0.05, 0.1) is 16.1 Å². The van der Waals surface area contributed by atoms with Crippen molar-refractivity contribution in [3.63, 3.8) is 0 Å². The number of benzene rings is 1. The van der Waals surface area contributed by atoms with Gasteiger partial charge in [-0.1, -0.05) is 25.4 Å². The first-order valence-electron chi connectivity index (χ1n) is 12.1. The molecule has 3 fully saturated rings. The van der Waals surface area contributed by atoms with Crippen molar-refractivity contribution >= 4 is 40.2 Å². The highest BCUT2D eigenvalue weighted by Gasteiger charge is 2.54. The van der Waals surface area contributed by atoms with Gasteiger partial charge in [-0.2, -0.15) is 5.10 Å². The number of nitrogens with zero attached hydrogens (tertiary/aromatic N) is 2. The van der Waals surface area contributed by atoms with E-state index in [0.29, 0.717) is 33.8 Å². The van der Waals surface area contributed by atoms with E-state index in [2.05, 4.69) is 24.3 Å². The lowest BCUT2D eigenvalue weighted by Crippen LogP contribution is -2.55. The molecule has 0 saturated heterocycles. The van der Waals surface area contributed by atoms with Crippen LogP contribution in [0.15, 0.2) is 29.4 Å². The monoisotopic (exact) mass is 503 g/mol. The molecule has 2 aromatic rings. The molecule has 0 spiro atoms. The highest BCUT2D eigenvalue weighted by Crippen LogP contribution is 2.61. The summed E-state index contributed by atoms with van der Waals surface area (Å²) in [6, 6.07) is 5.06. The molecule has 180 valence electrons. The Hall–Kier alpha value is -1.99. The lowest BCUT2D eigenvalue weighted by atomic mass is 9.45. The fourth-order valence-electron chi connectivity index (χ4n) is 6.96. The summed E-state index contributed by atoms with van der Waals surface area (Å²) in [5.41, 5.74) is 1.95. The number of amides is 1. The number of thiophene rings is 1. The van der Waals surface area contributed by atoms with Crippen LogP contribution in [0.4, 0.5) is 14.5 Å². The van der Waals surface area contributed by atoms with Gasteiger partial charge in [0.1, 0.15) is 11.5 Å². The molecule has 5 atom stereocenters. The molecular weight excluding hydrogens is 476 g/mol. The highest BCUT2D eigenvalue weighted by atomic mass is 35.5. The smallest absolute Gasteiger partial charge is 0.267 e. The van der Waals surface area contributed by atoms with Gasteiger partial charge < -0.3 is 5.32 Å². The molecule has 3 saturated carbocycles. The summed E-state index contributed by atoms with van der Waals surface area (Å²) in [7, 11) is 0. The molecule has 4 nitrogen and oxygen atoms in total. The van der Waals surface area contributed by atoms with Crippen LogP contribution in [-0.2, 0) is 11.2 Å². The Morgan fingerprint density at radius 1 is 1.26 bits per heavy atom. The molecule has 2 heterocycles. The number of anilines is 1. The van der Waals surface area contributed by atoms with Crippen LogP contribution in [0.2, 0.25) is 4.34 Å². The van der Waals surface area contributed by atoms with Gasteiger partial charge in [-0.3, -0.25) is 9.80 Å². The third kappa shape index (κ3) is 3.41. The van der Waals surface area contributed by atoms with Crippen LogP contribution in [0, 0.1) is 40.7 Å². The molecule has 5 aliphatic rings. The zero-order chi connectivity index (χ0) is 23.8. The normalized spacial score (nSPS) is 30.8. The minimum Gasteiger partial charge on any atom is -0.351 e. The Bertz CT molecular complexity index is 1190. The molecule has 5 unspecified atom stereocenters.